The zero-order valence-electron chi connectivity index (χ0n) is 11.8. The highest BCUT2D eigenvalue weighted by atomic mass is 15.6. The Hall–Kier alpha value is -1.96. The van der Waals surface area contributed by atoms with E-state index in [2.05, 4.69) is 85.7 Å². The van der Waals surface area contributed by atoms with Gasteiger partial charge in [-0.3, -0.25) is 10.0 Å². The number of nitrogens with zero attached hydrogens (tertiary/aromatic N) is 2. The number of fused-ring (bicyclic) bond motifs is 3. The summed E-state index contributed by atoms with van der Waals surface area (Å²) in [5, 5.41) is 4.46. The van der Waals surface area contributed by atoms with Crippen LogP contribution in [0.15, 0.2) is 54.5 Å². The Kier molecular flexibility index (Phi) is 2.74. The van der Waals surface area contributed by atoms with E-state index in [9.17, 15) is 0 Å². The minimum atomic E-state index is 0.277. The third-order valence-electron chi connectivity index (χ3n) is 3.31. The lowest BCUT2D eigenvalue weighted by atomic mass is 9.89. The summed E-state index contributed by atoms with van der Waals surface area (Å²) in [6.45, 7) is 6.84. The van der Waals surface area contributed by atoms with Crippen LogP contribution in [0.2, 0.25) is 0 Å². The van der Waals surface area contributed by atoms with E-state index in [-0.39, 0.29) is 5.41 Å². The number of benzene rings is 1. The number of allylic oxidation sites excluding steroid dienone is 3. The third kappa shape index (κ3) is 2.30. The van der Waals surface area contributed by atoms with Gasteiger partial charge in [0.15, 0.2) is 0 Å². The quantitative estimate of drug-likeness (QED) is 0.724. The fourth-order valence-corrected chi connectivity index (χ4v) is 2.58. The van der Waals surface area contributed by atoms with E-state index in [1.54, 1.807) is 0 Å². The fraction of sp³-hybridized carbons (Fsp3) is 0.294. The first-order chi connectivity index (χ1) is 9.04. The second-order valence-corrected chi connectivity index (χ2v) is 6.30. The molecule has 19 heavy (non-hydrogen) atoms. The summed E-state index contributed by atoms with van der Waals surface area (Å²) in [5.74, 6) is 0. The Balaban J connectivity index is 2.07. The monoisotopic (exact) mass is 252 g/mol. The highest BCUT2D eigenvalue weighted by molar-refractivity contribution is 5.73. The maximum Gasteiger partial charge on any atom is 0.0702 e. The molecule has 2 nitrogen and oxygen atoms in total. The molecule has 2 aliphatic rings. The van der Waals surface area contributed by atoms with Crippen LogP contribution in [0, 0.1) is 5.41 Å². The molecule has 0 amide bonds. The molecule has 1 aromatic carbocycles. The van der Waals surface area contributed by atoms with Crippen LogP contribution in [-0.2, 0) is 0 Å². The van der Waals surface area contributed by atoms with Crippen LogP contribution >= 0.6 is 0 Å². The van der Waals surface area contributed by atoms with Gasteiger partial charge in [-0.1, -0.05) is 39.0 Å². The van der Waals surface area contributed by atoms with Crippen LogP contribution in [0.4, 0.5) is 5.69 Å². The van der Waals surface area contributed by atoms with Gasteiger partial charge in [0.2, 0.25) is 0 Å². The average Bonchev–Trinajstić information content (AvgIpc) is 2.37. The molecule has 0 bridgehead atoms. The van der Waals surface area contributed by atoms with Gasteiger partial charge < -0.3 is 0 Å². The molecule has 2 heterocycles. The molecule has 98 valence electrons. The maximum absolute atomic E-state index is 2.31. The molecule has 0 atom stereocenters. The molecule has 0 aliphatic carbocycles. The Morgan fingerprint density at radius 2 is 1.63 bits per heavy atom. The first-order valence-electron chi connectivity index (χ1n) is 6.78. The van der Waals surface area contributed by atoms with Crippen molar-refractivity contribution in [3.8, 4) is 0 Å². The van der Waals surface area contributed by atoms with Crippen LogP contribution in [0.1, 0.15) is 32.8 Å². The minimum absolute atomic E-state index is 0.277. The van der Waals surface area contributed by atoms with Crippen molar-refractivity contribution >= 4 is 11.8 Å². The van der Waals surface area contributed by atoms with E-state index in [0.29, 0.717) is 0 Å². The second-order valence-electron chi connectivity index (χ2n) is 6.30. The summed E-state index contributed by atoms with van der Waals surface area (Å²) in [6, 6.07) is 8.53. The van der Waals surface area contributed by atoms with Crippen molar-refractivity contribution in [3.63, 3.8) is 0 Å². The van der Waals surface area contributed by atoms with Crippen LogP contribution in [0.3, 0.4) is 0 Å². The largest absolute Gasteiger partial charge is 0.261 e. The molecule has 2 heteroatoms. The van der Waals surface area contributed by atoms with Crippen LogP contribution in [0.25, 0.3) is 6.08 Å². The molecular formula is C17H20N2. The van der Waals surface area contributed by atoms with E-state index < -0.39 is 0 Å². The van der Waals surface area contributed by atoms with Gasteiger partial charge in [0.1, 0.15) is 0 Å². The van der Waals surface area contributed by atoms with Gasteiger partial charge in [0.25, 0.3) is 0 Å². The summed E-state index contributed by atoms with van der Waals surface area (Å²) in [6.07, 6.45) is 11.8. The molecule has 1 aromatic rings. The van der Waals surface area contributed by atoms with Crippen molar-refractivity contribution < 1.29 is 0 Å². The van der Waals surface area contributed by atoms with Crippen molar-refractivity contribution in [3.05, 3.63) is 60.1 Å². The van der Waals surface area contributed by atoms with E-state index in [4.69, 9.17) is 0 Å². The number of rotatable bonds is 1. The predicted molar refractivity (Wildman–Crippen MR) is 81.1 cm³/mol. The Bertz CT molecular complexity index is 573. The lowest BCUT2D eigenvalue weighted by Gasteiger charge is -2.41. The van der Waals surface area contributed by atoms with Gasteiger partial charge in [0, 0.05) is 23.7 Å². The minimum Gasteiger partial charge on any atom is -0.261 e. The molecule has 0 unspecified atom stereocenters. The normalized spacial score (nSPS) is 17.1. The zero-order valence-corrected chi connectivity index (χ0v) is 11.8. The molecule has 0 fully saturated rings. The van der Waals surface area contributed by atoms with E-state index in [1.807, 2.05) is 0 Å². The fourth-order valence-electron chi connectivity index (χ4n) is 2.58. The molecule has 0 aromatic heterocycles. The molecule has 0 N–H and O–H groups in total. The van der Waals surface area contributed by atoms with Gasteiger partial charge in [0.05, 0.1) is 5.69 Å². The molecule has 0 saturated carbocycles. The second kappa shape index (κ2) is 4.30. The molecule has 2 aliphatic heterocycles. The summed E-state index contributed by atoms with van der Waals surface area (Å²) in [4.78, 5) is 0. The first kappa shape index (κ1) is 12.1. The van der Waals surface area contributed by atoms with Crippen LogP contribution in [0.5, 0.6) is 0 Å². The lowest BCUT2D eigenvalue weighted by Crippen LogP contribution is -2.38. The van der Waals surface area contributed by atoms with Gasteiger partial charge in [-0.25, -0.2) is 0 Å². The maximum atomic E-state index is 2.31. The lowest BCUT2D eigenvalue weighted by molar-refractivity contribution is 0.344. The molecule has 0 saturated heterocycles. The molecule has 3 rings (SSSR count). The highest BCUT2D eigenvalue weighted by Gasteiger charge is 2.26. The summed E-state index contributed by atoms with van der Waals surface area (Å²) < 4.78 is 0. The third-order valence-corrected chi connectivity index (χ3v) is 3.31. The topological polar surface area (TPSA) is 6.48 Å². The van der Waals surface area contributed by atoms with Gasteiger partial charge in [-0.15, -0.1) is 0 Å². The van der Waals surface area contributed by atoms with Crippen LogP contribution in [-0.4, -0.2) is 5.01 Å². The van der Waals surface area contributed by atoms with Gasteiger partial charge in [-0.05, 0) is 36.1 Å². The SMILES string of the molecule is CC(C)(C)CC1=Cc2ccccc2N2C=CC=CN12. The van der Waals surface area contributed by atoms with E-state index in [1.165, 1.54) is 16.9 Å². The zero-order chi connectivity index (χ0) is 13.5. The molecule has 0 spiro atoms. The van der Waals surface area contributed by atoms with Crippen LogP contribution < -0.4 is 5.01 Å². The summed E-state index contributed by atoms with van der Waals surface area (Å²) in [5.41, 5.74) is 4.14. The van der Waals surface area contributed by atoms with Gasteiger partial charge in [-0.2, -0.15) is 0 Å². The van der Waals surface area contributed by atoms with Crippen molar-refractivity contribution in [2.75, 3.05) is 5.01 Å². The Morgan fingerprint density at radius 1 is 0.947 bits per heavy atom. The standard InChI is InChI=1S/C17H20N2/c1-17(2,3)13-15-12-14-8-4-5-9-16(14)19-11-7-6-10-18(15)19/h4-12H,13H2,1-3H3. The van der Waals surface area contributed by atoms with Crippen molar-refractivity contribution in [2.24, 2.45) is 5.41 Å². The summed E-state index contributed by atoms with van der Waals surface area (Å²) >= 11 is 0. The number of hydrogen-bond donors (Lipinski definition) is 0. The van der Waals surface area contributed by atoms with E-state index in [0.717, 1.165) is 6.42 Å². The number of hydrogen-bond acceptors (Lipinski definition) is 2. The number of hydrazine groups is 1. The highest BCUT2D eigenvalue weighted by Crippen LogP contribution is 2.37. The van der Waals surface area contributed by atoms with E-state index >= 15 is 0 Å². The summed E-state index contributed by atoms with van der Waals surface area (Å²) in [7, 11) is 0. The first-order valence-corrected chi connectivity index (χ1v) is 6.78. The molecule has 0 radical (unpaired) electrons. The van der Waals surface area contributed by atoms with Crippen molar-refractivity contribution in [2.45, 2.75) is 27.2 Å². The molecular weight excluding hydrogens is 232 g/mol. The Morgan fingerprint density at radius 3 is 2.37 bits per heavy atom. The number of anilines is 1. The van der Waals surface area contributed by atoms with Gasteiger partial charge >= 0.3 is 0 Å². The average molecular weight is 252 g/mol. The van der Waals surface area contributed by atoms with Crippen molar-refractivity contribution in [1.29, 1.82) is 0 Å². The smallest absolute Gasteiger partial charge is 0.0702 e. The predicted octanol–water partition coefficient (Wildman–Crippen LogP) is 4.54. The Labute approximate surface area is 115 Å². The van der Waals surface area contributed by atoms with Crippen molar-refractivity contribution in [1.82, 2.24) is 5.01 Å². The number of para-hydroxylation sites is 1.